The van der Waals surface area contributed by atoms with E-state index in [0.717, 1.165) is 11.9 Å². The molecule has 6 heteroatoms. The van der Waals surface area contributed by atoms with Gasteiger partial charge in [-0.25, -0.2) is 9.78 Å². The second-order valence-electron chi connectivity index (χ2n) is 3.40. The predicted molar refractivity (Wildman–Crippen MR) is 60.4 cm³/mol. The minimum absolute atomic E-state index is 0.110. The molecule has 0 atom stereocenters. The first-order chi connectivity index (χ1) is 7.16. The lowest BCUT2D eigenvalue weighted by Crippen LogP contribution is -2.30. The zero-order valence-corrected chi connectivity index (χ0v) is 9.47. The summed E-state index contributed by atoms with van der Waals surface area (Å²) in [6.07, 6.45) is 2.45. The number of imidazole rings is 1. The SMILES string of the molecule is CCCn1c(=O)n(C)c(=S)c2[nH]cnc21. The summed E-state index contributed by atoms with van der Waals surface area (Å²) in [6, 6.07) is 0. The smallest absolute Gasteiger partial charge is 0.330 e. The van der Waals surface area contributed by atoms with Gasteiger partial charge in [-0.1, -0.05) is 19.1 Å². The first-order valence-electron chi connectivity index (χ1n) is 4.79. The number of nitrogens with one attached hydrogen (secondary N) is 1. The van der Waals surface area contributed by atoms with E-state index in [9.17, 15) is 4.79 Å². The molecule has 2 aromatic rings. The first-order valence-corrected chi connectivity index (χ1v) is 5.20. The summed E-state index contributed by atoms with van der Waals surface area (Å²) in [5.74, 6) is 0. The van der Waals surface area contributed by atoms with Crippen molar-refractivity contribution >= 4 is 23.4 Å². The number of aromatic nitrogens is 4. The molecule has 0 aliphatic carbocycles. The van der Waals surface area contributed by atoms with Crippen LogP contribution in [0.25, 0.3) is 11.2 Å². The summed E-state index contributed by atoms with van der Waals surface area (Å²) in [5.41, 5.74) is 1.28. The standard InChI is InChI=1S/C9H12N4OS/c1-3-4-13-7-6(10-5-11-7)8(15)12(2)9(13)14/h5H,3-4H2,1-2H3,(H,10,11). The Labute approximate surface area is 91.4 Å². The highest BCUT2D eigenvalue weighted by atomic mass is 32.1. The van der Waals surface area contributed by atoms with E-state index >= 15 is 0 Å². The molecular weight excluding hydrogens is 212 g/mol. The number of rotatable bonds is 2. The molecule has 5 nitrogen and oxygen atoms in total. The summed E-state index contributed by atoms with van der Waals surface area (Å²) in [5, 5.41) is 0. The van der Waals surface area contributed by atoms with Gasteiger partial charge < -0.3 is 4.98 Å². The molecule has 0 bridgehead atoms. The van der Waals surface area contributed by atoms with Crippen molar-refractivity contribution < 1.29 is 0 Å². The van der Waals surface area contributed by atoms with E-state index in [4.69, 9.17) is 12.2 Å². The Morgan fingerprint density at radius 1 is 1.60 bits per heavy atom. The molecule has 2 heterocycles. The Balaban J connectivity index is 2.95. The quantitative estimate of drug-likeness (QED) is 0.780. The number of aryl methyl sites for hydroxylation is 1. The second-order valence-corrected chi connectivity index (χ2v) is 3.79. The van der Waals surface area contributed by atoms with Crippen LogP contribution in [0.1, 0.15) is 13.3 Å². The molecule has 2 rings (SSSR count). The molecule has 0 unspecified atom stereocenters. The van der Waals surface area contributed by atoms with Crippen molar-refractivity contribution in [2.24, 2.45) is 7.05 Å². The van der Waals surface area contributed by atoms with E-state index < -0.39 is 0 Å². The Morgan fingerprint density at radius 2 is 2.33 bits per heavy atom. The number of hydrogen-bond acceptors (Lipinski definition) is 3. The molecule has 0 saturated heterocycles. The lowest BCUT2D eigenvalue weighted by molar-refractivity contribution is 0.616. The molecule has 0 saturated carbocycles. The van der Waals surface area contributed by atoms with Crippen LogP contribution in [-0.4, -0.2) is 19.1 Å². The van der Waals surface area contributed by atoms with Crippen LogP contribution >= 0.6 is 12.2 Å². The fourth-order valence-electron chi connectivity index (χ4n) is 1.60. The van der Waals surface area contributed by atoms with Crippen molar-refractivity contribution in [1.29, 1.82) is 0 Å². The average molecular weight is 224 g/mol. The fourth-order valence-corrected chi connectivity index (χ4v) is 1.83. The molecule has 0 radical (unpaired) electrons. The third-order valence-electron chi connectivity index (χ3n) is 2.36. The molecule has 1 N–H and O–H groups in total. The van der Waals surface area contributed by atoms with Crippen LogP contribution in [0, 0.1) is 4.64 Å². The van der Waals surface area contributed by atoms with Crippen LogP contribution in [0.15, 0.2) is 11.1 Å². The summed E-state index contributed by atoms with van der Waals surface area (Å²) in [7, 11) is 1.68. The third kappa shape index (κ3) is 1.41. The van der Waals surface area contributed by atoms with Crippen molar-refractivity contribution in [2.45, 2.75) is 19.9 Å². The lowest BCUT2D eigenvalue weighted by Gasteiger charge is -2.07. The average Bonchev–Trinajstić information content (AvgIpc) is 2.70. The number of aromatic amines is 1. The third-order valence-corrected chi connectivity index (χ3v) is 2.84. The minimum Gasteiger partial charge on any atom is -0.341 e. The van der Waals surface area contributed by atoms with Gasteiger partial charge in [-0.3, -0.25) is 9.13 Å². The van der Waals surface area contributed by atoms with Gasteiger partial charge >= 0.3 is 5.69 Å². The highest BCUT2D eigenvalue weighted by Crippen LogP contribution is 2.08. The zero-order valence-electron chi connectivity index (χ0n) is 8.65. The van der Waals surface area contributed by atoms with Gasteiger partial charge in [0.25, 0.3) is 0 Å². The summed E-state index contributed by atoms with van der Waals surface area (Å²) < 4.78 is 3.60. The normalized spacial score (nSPS) is 11.1. The first kappa shape index (κ1) is 10.1. The maximum atomic E-state index is 11.9. The number of hydrogen-bond donors (Lipinski definition) is 1. The van der Waals surface area contributed by atoms with E-state index in [2.05, 4.69) is 9.97 Å². The zero-order chi connectivity index (χ0) is 11.0. The molecule has 0 aliphatic heterocycles. The fraction of sp³-hybridized carbons (Fsp3) is 0.444. The summed E-state index contributed by atoms with van der Waals surface area (Å²) in [6.45, 7) is 2.68. The highest BCUT2D eigenvalue weighted by molar-refractivity contribution is 7.71. The van der Waals surface area contributed by atoms with Crippen molar-refractivity contribution in [3.8, 4) is 0 Å². The van der Waals surface area contributed by atoms with Gasteiger partial charge in [-0.2, -0.15) is 0 Å². The van der Waals surface area contributed by atoms with E-state index in [1.165, 1.54) is 4.57 Å². The number of fused-ring (bicyclic) bond motifs is 1. The topological polar surface area (TPSA) is 55.6 Å². The largest absolute Gasteiger partial charge is 0.341 e. The van der Waals surface area contributed by atoms with Gasteiger partial charge in [-0.05, 0) is 6.42 Å². The Kier molecular flexibility index (Phi) is 2.44. The van der Waals surface area contributed by atoms with Gasteiger partial charge in [0.05, 0.1) is 6.33 Å². The molecule has 2 aromatic heterocycles. The van der Waals surface area contributed by atoms with Gasteiger partial charge in [0.2, 0.25) is 0 Å². The monoisotopic (exact) mass is 224 g/mol. The molecule has 0 aliphatic rings. The second kappa shape index (κ2) is 3.62. The Hall–Kier alpha value is -1.43. The molecule has 0 fully saturated rings. The van der Waals surface area contributed by atoms with Crippen LogP contribution in [0.3, 0.4) is 0 Å². The Bertz CT molecular complexity index is 607. The summed E-state index contributed by atoms with van der Waals surface area (Å²) >= 11 is 5.16. The minimum atomic E-state index is -0.110. The molecule has 15 heavy (non-hydrogen) atoms. The van der Waals surface area contributed by atoms with Crippen LogP contribution < -0.4 is 5.69 Å². The van der Waals surface area contributed by atoms with Crippen molar-refractivity contribution in [3.63, 3.8) is 0 Å². The maximum Gasteiger partial charge on any atom is 0.330 e. The van der Waals surface area contributed by atoms with E-state index in [1.807, 2.05) is 6.92 Å². The van der Waals surface area contributed by atoms with Crippen LogP contribution in [0.2, 0.25) is 0 Å². The van der Waals surface area contributed by atoms with Crippen molar-refractivity contribution in [3.05, 3.63) is 21.5 Å². The maximum absolute atomic E-state index is 11.9. The highest BCUT2D eigenvalue weighted by Gasteiger charge is 2.09. The van der Waals surface area contributed by atoms with E-state index in [0.29, 0.717) is 16.8 Å². The van der Waals surface area contributed by atoms with E-state index in [-0.39, 0.29) is 5.69 Å². The lowest BCUT2D eigenvalue weighted by atomic mass is 10.4. The Morgan fingerprint density at radius 3 is 3.00 bits per heavy atom. The van der Waals surface area contributed by atoms with E-state index in [1.54, 1.807) is 17.9 Å². The molecular formula is C9H12N4OS. The van der Waals surface area contributed by atoms with Gasteiger partial charge in [0.15, 0.2) is 5.65 Å². The van der Waals surface area contributed by atoms with Crippen LogP contribution in [-0.2, 0) is 13.6 Å². The van der Waals surface area contributed by atoms with Gasteiger partial charge in [0.1, 0.15) is 10.2 Å². The molecule has 80 valence electrons. The summed E-state index contributed by atoms with van der Waals surface area (Å²) in [4.78, 5) is 19.0. The predicted octanol–water partition coefficient (Wildman–Crippen LogP) is 1.20. The van der Waals surface area contributed by atoms with Crippen molar-refractivity contribution in [1.82, 2.24) is 19.1 Å². The number of nitrogens with zero attached hydrogens (tertiary/aromatic N) is 3. The number of H-pyrrole nitrogens is 1. The molecule has 0 spiro atoms. The van der Waals surface area contributed by atoms with Crippen molar-refractivity contribution in [2.75, 3.05) is 0 Å². The van der Waals surface area contributed by atoms with Gasteiger partial charge in [-0.15, -0.1) is 0 Å². The molecule has 0 amide bonds. The molecule has 0 aromatic carbocycles. The van der Waals surface area contributed by atoms with Gasteiger partial charge in [0, 0.05) is 13.6 Å². The van der Waals surface area contributed by atoms with Crippen LogP contribution in [0.5, 0.6) is 0 Å². The van der Waals surface area contributed by atoms with Crippen LogP contribution in [0.4, 0.5) is 0 Å².